The summed E-state index contributed by atoms with van der Waals surface area (Å²) in [7, 11) is 0.982. The van der Waals surface area contributed by atoms with E-state index in [1.54, 1.807) is 0 Å². The van der Waals surface area contributed by atoms with Gasteiger partial charge in [-0.25, -0.2) is 4.79 Å². The maximum atomic E-state index is 12.1. The first kappa shape index (κ1) is 13.1. The van der Waals surface area contributed by atoms with Crippen molar-refractivity contribution in [2.45, 2.75) is 13.3 Å². The Hall–Kier alpha value is -1.99. The first-order valence-corrected chi connectivity index (χ1v) is 4.32. The summed E-state index contributed by atoms with van der Waals surface area (Å²) in [6.45, 7) is 1.18. The Kier molecular flexibility index (Phi) is 3.45. The van der Waals surface area contributed by atoms with E-state index in [2.05, 4.69) is 14.5 Å². The van der Waals surface area contributed by atoms with E-state index in [-0.39, 0.29) is 5.69 Å². The molecule has 1 aromatic rings. The fourth-order valence-corrected chi connectivity index (χ4v) is 1.19. The summed E-state index contributed by atoms with van der Waals surface area (Å²) in [6.07, 6.45) is -4.97. The van der Waals surface area contributed by atoms with Gasteiger partial charge in [-0.2, -0.15) is 0 Å². The van der Waals surface area contributed by atoms with Crippen LogP contribution in [0, 0.1) is 6.92 Å². The number of esters is 1. The van der Waals surface area contributed by atoms with Gasteiger partial charge in [0.05, 0.1) is 12.8 Å². The highest BCUT2D eigenvalue weighted by atomic mass is 19.4. The molecule has 0 saturated carbocycles. The number of carbonyl (C=O) groups excluding carboxylic acids is 1. The van der Waals surface area contributed by atoms with Gasteiger partial charge in [0.25, 0.3) is 0 Å². The van der Waals surface area contributed by atoms with E-state index in [4.69, 9.17) is 0 Å². The summed E-state index contributed by atoms with van der Waals surface area (Å²) < 4.78 is 44.2. The number of carbonyl (C=O) groups is 1. The standard InChI is InChI=1S/C9H8F3NO4/c1-4-7(17-9(10,11)12)5(8(15)16-2)3-6(14)13-4/h3H,1-2H3,(H,13,14). The SMILES string of the molecule is COC(=O)c1cc(=O)[nH]c(C)c1OC(F)(F)F. The van der Waals surface area contributed by atoms with Gasteiger partial charge in [0, 0.05) is 6.07 Å². The van der Waals surface area contributed by atoms with Gasteiger partial charge in [-0.05, 0) is 6.92 Å². The maximum absolute atomic E-state index is 12.1. The van der Waals surface area contributed by atoms with E-state index in [0.29, 0.717) is 6.07 Å². The summed E-state index contributed by atoms with van der Waals surface area (Å²) >= 11 is 0. The van der Waals surface area contributed by atoms with Crippen LogP contribution in [0.2, 0.25) is 0 Å². The first-order chi connectivity index (χ1) is 7.74. The second-order valence-electron chi connectivity index (χ2n) is 3.04. The highest BCUT2D eigenvalue weighted by Crippen LogP contribution is 2.28. The molecule has 0 aromatic carbocycles. The fourth-order valence-electron chi connectivity index (χ4n) is 1.19. The Balaban J connectivity index is 3.35. The molecule has 0 unspecified atom stereocenters. The number of hydrogen-bond donors (Lipinski definition) is 1. The molecule has 8 heteroatoms. The second-order valence-corrected chi connectivity index (χ2v) is 3.04. The molecule has 1 N–H and O–H groups in total. The summed E-state index contributed by atoms with van der Waals surface area (Å²) in [5.41, 5.74) is -1.52. The number of aryl methyl sites for hydroxylation is 1. The van der Waals surface area contributed by atoms with Gasteiger partial charge >= 0.3 is 12.3 Å². The van der Waals surface area contributed by atoms with E-state index in [1.807, 2.05) is 0 Å². The minimum absolute atomic E-state index is 0.213. The summed E-state index contributed by atoms with van der Waals surface area (Å²) in [4.78, 5) is 24.3. The third-order valence-electron chi connectivity index (χ3n) is 1.79. The molecule has 0 bridgehead atoms. The van der Waals surface area contributed by atoms with Crippen molar-refractivity contribution in [1.82, 2.24) is 4.98 Å². The topological polar surface area (TPSA) is 68.4 Å². The minimum Gasteiger partial charge on any atom is -0.465 e. The highest BCUT2D eigenvalue weighted by Gasteiger charge is 2.34. The molecule has 0 radical (unpaired) electrons. The molecule has 0 atom stereocenters. The molecule has 0 saturated heterocycles. The molecule has 1 aromatic heterocycles. The molecule has 0 amide bonds. The van der Waals surface area contributed by atoms with E-state index in [0.717, 1.165) is 7.11 Å². The van der Waals surface area contributed by atoms with Crippen molar-refractivity contribution >= 4 is 5.97 Å². The Morgan fingerprint density at radius 2 is 2.00 bits per heavy atom. The highest BCUT2D eigenvalue weighted by molar-refractivity contribution is 5.92. The Morgan fingerprint density at radius 3 is 2.47 bits per heavy atom. The minimum atomic E-state index is -4.97. The summed E-state index contributed by atoms with van der Waals surface area (Å²) in [5.74, 6) is -1.86. The number of alkyl halides is 3. The lowest BCUT2D eigenvalue weighted by atomic mass is 10.2. The normalized spacial score (nSPS) is 11.1. The predicted octanol–water partition coefficient (Wildman–Crippen LogP) is 1.37. The van der Waals surface area contributed by atoms with Crippen LogP contribution in [0.5, 0.6) is 5.75 Å². The zero-order valence-electron chi connectivity index (χ0n) is 8.84. The molecule has 5 nitrogen and oxygen atoms in total. The van der Waals surface area contributed by atoms with Crippen LogP contribution in [-0.2, 0) is 4.74 Å². The monoisotopic (exact) mass is 251 g/mol. The maximum Gasteiger partial charge on any atom is 0.573 e. The molecule has 17 heavy (non-hydrogen) atoms. The lowest BCUT2D eigenvalue weighted by molar-refractivity contribution is -0.275. The molecular formula is C9H8F3NO4. The quantitative estimate of drug-likeness (QED) is 0.806. The number of halogens is 3. The predicted molar refractivity (Wildman–Crippen MR) is 49.8 cm³/mol. The first-order valence-electron chi connectivity index (χ1n) is 4.32. The number of aromatic amines is 1. The number of ether oxygens (including phenoxy) is 2. The van der Waals surface area contributed by atoms with E-state index in [1.165, 1.54) is 6.92 Å². The van der Waals surface area contributed by atoms with E-state index in [9.17, 15) is 22.8 Å². The Morgan fingerprint density at radius 1 is 1.41 bits per heavy atom. The van der Waals surface area contributed by atoms with Gasteiger partial charge < -0.3 is 14.5 Å². The van der Waals surface area contributed by atoms with Gasteiger partial charge in [0.15, 0.2) is 5.75 Å². The molecule has 1 heterocycles. The third-order valence-corrected chi connectivity index (χ3v) is 1.79. The zero-order valence-corrected chi connectivity index (χ0v) is 8.84. The van der Waals surface area contributed by atoms with Gasteiger partial charge in [0.1, 0.15) is 5.56 Å². The van der Waals surface area contributed by atoms with Gasteiger partial charge in [-0.3, -0.25) is 4.79 Å². The molecule has 1 rings (SSSR count). The van der Waals surface area contributed by atoms with Crippen molar-refractivity contribution in [3.63, 3.8) is 0 Å². The van der Waals surface area contributed by atoms with Crippen LogP contribution >= 0.6 is 0 Å². The van der Waals surface area contributed by atoms with Gasteiger partial charge in [-0.15, -0.1) is 13.2 Å². The number of H-pyrrole nitrogens is 1. The smallest absolute Gasteiger partial charge is 0.465 e. The number of rotatable bonds is 2. The lowest BCUT2D eigenvalue weighted by Crippen LogP contribution is -2.23. The molecule has 94 valence electrons. The molecule has 0 aliphatic rings. The van der Waals surface area contributed by atoms with Crippen molar-refractivity contribution < 1.29 is 27.4 Å². The number of hydrogen-bond acceptors (Lipinski definition) is 4. The van der Waals surface area contributed by atoms with Crippen molar-refractivity contribution in [2.24, 2.45) is 0 Å². The molecule has 0 aliphatic carbocycles. The van der Waals surface area contributed by atoms with Crippen LogP contribution in [0.15, 0.2) is 10.9 Å². The van der Waals surface area contributed by atoms with Crippen LogP contribution in [0.25, 0.3) is 0 Å². The number of pyridine rings is 1. The third kappa shape index (κ3) is 3.23. The Bertz CT molecular complexity index is 492. The van der Waals surface area contributed by atoms with E-state index < -0.39 is 29.2 Å². The largest absolute Gasteiger partial charge is 0.573 e. The average molecular weight is 251 g/mol. The fraction of sp³-hybridized carbons (Fsp3) is 0.333. The van der Waals surface area contributed by atoms with Crippen LogP contribution in [-0.4, -0.2) is 24.4 Å². The van der Waals surface area contributed by atoms with Gasteiger partial charge in [-0.1, -0.05) is 0 Å². The van der Waals surface area contributed by atoms with Crippen LogP contribution < -0.4 is 10.3 Å². The molecule has 0 fully saturated rings. The van der Waals surface area contributed by atoms with E-state index >= 15 is 0 Å². The van der Waals surface area contributed by atoms with Crippen molar-refractivity contribution in [1.29, 1.82) is 0 Å². The zero-order chi connectivity index (χ0) is 13.2. The number of nitrogens with one attached hydrogen (secondary N) is 1. The number of methoxy groups -OCH3 is 1. The van der Waals surface area contributed by atoms with Crippen LogP contribution in [0.1, 0.15) is 16.1 Å². The van der Waals surface area contributed by atoms with Crippen molar-refractivity contribution in [3.05, 3.63) is 27.7 Å². The molecule has 0 aliphatic heterocycles. The van der Waals surface area contributed by atoms with Crippen molar-refractivity contribution in [3.8, 4) is 5.75 Å². The van der Waals surface area contributed by atoms with Crippen molar-refractivity contribution in [2.75, 3.05) is 7.11 Å². The van der Waals surface area contributed by atoms with Crippen LogP contribution in [0.4, 0.5) is 13.2 Å². The van der Waals surface area contributed by atoms with Crippen LogP contribution in [0.3, 0.4) is 0 Å². The molecular weight excluding hydrogens is 243 g/mol. The lowest BCUT2D eigenvalue weighted by Gasteiger charge is -2.13. The van der Waals surface area contributed by atoms with Gasteiger partial charge in [0.2, 0.25) is 5.56 Å². The Labute approximate surface area is 93.2 Å². The second kappa shape index (κ2) is 4.48. The summed E-state index contributed by atoms with van der Waals surface area (Å²) in [5, 5.41) is 0. The average Bonchev–Trinajstić information content (AvgIpc) is 2.19. The molecule has 0 spiro atoms. The summed E-state index contributed by atoms with van der Waals surface area (Å²) in [6, 6.07) is 0.680. The number of aromatic nitrogens is 1.